The first kappa shape index (κ1) is 15.8. The van der Waals surface area contributed by atoms with Gasteiger partial charge in [-0.15, -0.1) is 0 Å². The van der Waals surface area contributed by atoms with Crippen LogP contribution in [0.3, 0.4) is 0 Å². The van der Waals surface area contributed by atoms with Gasteiger partial charge in [0.25, 0.3) is 0 Å². The zero-order valence-corrected chi connectivity index (χ0v) is 11.9. The van der Waals surface area contributed by atoms with Gasteiger partial charge in [0.05, 0.1) is 13.5 Å². The number of aliphatic carboxylic acids is 1. The average molecular weight is 280 g/mol. The van der Waals surface area contributed by atoms with E-state index >= 15 is 0 Å². The third-order valence-corrected chi connectivity index (χ3v) is 2.77. The van der Waals surface area contributed by atoms with Gasteiger partial charge >= 0.3 is 12.0 Å². The van der Waals surface area contributed by atoms with Gasteiger partial charge in [-0.1, -0.05) is 6.07 Å². The van der Waals surface area contributed by atoms with Gasteiger partial charge in [-0.3, -0.25) is 4.79 Å². The fraction of sp³-hybridized carbons (Fsp3) is 0.429. The smallest absolute Gasteiger partial charge is 0.322 e. The Balaban J connectivity index is 2.72. The van der Waals surface area contributed by atoms with Gasteiger partial charge in [0, 0.05) is 24.3 Å². The predicted octanol–water partition coefficient (Wildman–Crippen LogP) is 2.41. The van der Waals surface area contributed by atoms with Crippen LogP contribution in [0.2, 0.25) is 0 Å². The van der Waals surface area contributed by atoms with Crippen molar-refractivity contribution in [3.63, 3.8) is 0 Å². The van der Waals surface area contributed by atoms with Crippen LogP contribution >= 0.6 is 0 Å². The quantitative estimate of drug-likeness (QED) is 0.838. The summed E-state index contributed by atoms with van der Waals surface area (Å²) < 4.78 is 5.08. The lowest BCUT2D eigenvalue weighted by Crippen LogP contribution is -2.41. The number of methoxy groups -OCH3 is 1. The fourth-order valence-electron chi connectivity index (χ4n) is 1.71. The summed E-state index contributed by atoms with van der Waals surface area (Å²) >= 11 is 0. The van der Waals surface area contributed by atoms with E-state index in [1.807, 2.05) is 13.8 Å². The van der Waals surface area contributed by atoms with Crippen molar-refractivity contribution in [3.8, 4) is 5.75 Å². The number of carboxylic acids is 1. The molecule has 2 N–H and O–H groups in total. The minimum Gasteiger partial charge on any atom is -0.497 e. The highest BCUT2D eigenvalue weighted by atomic mass is 16.5. The number of anilines is 1. The molecule has 0 aromatic heterocycles. The lowest BCUT2D eigenvalue weighted by atomic mass is 10.3. The first-order valence-corrected chi connectivity index (χ1v) is 6.37. The molecule has 0 atom stereocenters. The number of hydrogen-bond donors (Lipinski definition) is 2. The molecule has 0 fully saturated rings. The normalized spacial score (nSPS) is 10.2. The Hall–Kier alpha value is -2.24. The van der Waals surface area contributed by atoms with E-state index in [2.05, 4.69) is 5.32 Å². The predicted molar refractivity (Wildman–Crippen MR) is 76.1 cm³/mol. The second kappa shape index (κ2) is 7.37. The molecule has 0 aliphatic rings. The topological polar surface area (TPSA) is 78.9 Å². The average Bonchev–Trinajstić information content (AvgIpc) is 2.38. The summed E-state index contributed by atoms with van der Waals surface area (Å²) in [5, 5.41) is 11.4. The molecule has 6 heteroatoms. The molecule has 0 unspecified atom stereocenters. The van der Waals surface area contributed by atoms with Gasteiger partial charge in [-0.25, -0.2) is 4.79 Å². The van der Waals surface area contributed by atoms with Crippen molar-refractivity contribution in [1.29, 1.82) is 0 Å². The van der Waals surface area contributed by atoms with Crippen molar-refractivity contribution in [2.24, 2.45) is 0 Å². The molecule has 0 bridgehead atoms. The molecule has 0 aliphatic heterocycles. The molecule has 1 aromatic carbocycles. The van der Waals surface area contributed by atoms with E-state index < -0.39 is 5.97 Å². The van der Waals surface area contributed by atoms with Crippen LogP contribution in [-0.4, -0.2) is 41.7 Å². The van der Waals surface area contributed by atoms with Crippen LogP contribution in [-0.2, 0) is 4.79 Å². The van der Waals surface area contributed by atoms with Crippen LogP contribution in [0, 0.1) is 0 Å². The van der Waals surface area contributed by atoms with Crippen LogP contribution in [0.25, 0.3) is 0 Å². The maximum absolute atomic E-state index is 12.1. The van der Waals surface area contributed by atoms with E-state index in [1.54, 1.807) is 31.4 Å². The molecule has 20 heavy (non-hydrogen) atoms. The number of urea groups is 1. The molecular weight excluding hydrogens is 260 g/mol. The van der Waals surface area contributed by atoms with Crippen LogP contribution in [0.1, 0.15) is 20.3 Å². The van der Waals surface area contributed by atoms with E-state index in [0.717, 1.165) is 0 Å². The van der Waals surface area contributed by atoms with Gasteiger partial charge < -0.3 is 20.1 Å². The van der Waals surface area contributed by atoms with Gasteiger partial charge in [0.15, 0.2) is 0 Å². The Bertz CT molecular complexity index is 474. The lowest BCUT2D eigenvalue weighted by molar-refractivity contribution is -0.137. The molecule has 0 spiro atoms. The largest absolute Gasteiger partial charge is 0.497 e. The van der Waals surface area contributed by atoms with Gasteiger partial charge in [-0.05, 0) is 26.0 Å². The zero-order valence-electron chi connectivity index (χ0n) is 11.9. The van der Waals surface area contributed by atoms with E-state index in [-0.39, 0.29) is 25.0 Å². The monoisotopic (exact) mass is 280 g/mol. The summed E-state index contributed by atoms with van der Waals surface area (Å²) in [4.78, 5) is 24.2. The third kappa shape index (κ3) is 4.79. The van der Waals surface area contributed by atoms with Crippen molar-refractivity contribution in [2.45, 2.75) is 26.3 Å². The molecule has 6 nitrogen and oxygen atoms in total. The number of carboxylic acid groups (broad SMARTS) is 1. The SMILES string of the molecule is COc1cccc(NC(=O)N(CCC(=O)O)C(C)C)c1. The molecule has 110 valence electrons. The lowest BCUT2D eigenvalue weighted by Gasteiger charge is -2.26. The Morgan fingerprint density at radius 1 is 1.40 bits per heavy atom. The number of carbonyl (C=O) groups is 2. The number of rotatable bonds is 6. The Morgan fingerprint density at radius 2 is 2.10 bits per heavy atom. The third-order valence-electron chi connectivity index (χ3n) is 2.77. The summed E-state index contributed by atoms with van der Waals surface area (Å²) in [5.74, 6) is -0.283. The zero-order chi connectivity index (χ0) is 15.1. The summed E-state index contributed by atoms with van der Waals surface area (Å²) in [6.07, 6.45) is -0.0797. The molecular formula is C14H20N2O4. The fourth-order valence-corrected chi connectivity index (χ4v) is 1.71. The minimum atomic E-state index is -0.926. The van der Waals surface area contributed by atoms with Crippen LogP contribution in [0.5, 0.6) is 5.75 Å². The molecule has 0 saturated carbocycles. The summed E-state index contributed by atoms with van der Waals surface area (Å²) in [6.45, 7) is 3.85. The summed E-state index contributed by atoms with van der Waals surface area (Å²) in [6, 6.07) is 6.59. The highest BCUT2D eigenvalue weighted by Gasteiger charge is 2.18. The first-order chi connectivity index (χ1) is 9.43. The maximum atomic E-state index is 12.1. The number of nitrogens with zero attached hydrogens (tertiary/aromatic N) is 1. The number of carbonyl (C=O) groups excluding carboxylic acids is 1. The number of amides is 2. The maximum Gasteiger partial charge on any atom is 0.322 e. The van der Waals surface area contributed by atoms with Gasteiger partial charge in [-0.2, -0.15) is 0 Å². The second-order valence-corrected chi connectivity index (χ2v) is 4.59. The Morgan fingerprint density at radius 3 is 2.65 bits per heavy atom. The highest BCUT2D eigenvalue weighted by molar-refractivity contribution is 5.90. The van der Waals surface area contributed by atoms with Crippen molar-refractivity contribution >= 4 is 17.7 Å². The Kier molecular flexibility index (Phi) is 5.83. The van der Waals surface area contributed by atoms with E-state index in [1.165, 1.54) is 4.90 Å². The number of benzene rings is 1. The molecule has 1 aromatic rings. The van der Waals surface area contributed by atoms with Crippen LogP contribution < -0.4 is 10.1 Å². The van der Waals surface area contributed by atoms with Crippen LogP contribution in [0.4, 0.5) is 10.5 Å². The van der Waals surface area contributed by atoms with Crippen molar-refractivity contribution in [3.05, 3.63) is 24.3 Å². The summed E-state index contributed by atoms with van der Waals surface area (Å²) in [5.41, 5.74) is 0.607. The number of nitrogens with one attached hydrogen (secondary N) is 1. The van der Waals surface area contributed by atoms with E-state index in [9.17, 15) is 9.59 Å². The molecule has 0 radical (unpaired) electrons. The molecule has 0 saturated heterocycles. The van der Waals surface area contributed by atoms with E-state index in [4.69, 9.17) is 9.84 Å². The summed E-state index contributed by atoms with van der Waals surface area (Å²) in [7, 11) is 1.55. The van der Waals surface area contributed by atoms with Crippen molar-refractivity contribution in [1.82, 2.24) is 4.90 Å². The highest BCUT2D eigenvalue weighted by Crippen LogP contribution is 2.17. The number of ether oxygens (including phenoxy) is 1. The molecule has 2 amide bonds. The standard InChI is InChI=1S/C14H20N2O4/c1-10(2)16(8-7-13(17)18)14(19)15-11-5-4-6-12(9-11)20-3/h4-6,9-10H,7-8H2,1-3H3,(H,15,19)(H,17,18). The van der Waals surface area contributed by atoms with Crippen molar-refractivity contribution < 1.29 is 19.4 Å². The van der Waals surface area contributed by atoms with E-state index in [0.29, 0.717) is 11.4 Å². The second-order valence-electron chi connectivity index (χ2n) is 4.59. The molecule has 0 aliphatic carbocycles. The van der Waals surface area contributed by atoms with Crippen LogP contribution in [0.15, 0.2) is 24.3 Å². The number of hydrogen-bond acceptors (Lipinski definition) is 3. The van der Waals surface area contributed by atoms with Crippen molar-refractivity contribution in [2.75, 3.05) is 19.0 Å². The van der Waals surface area contributed by atoms with Gasteiger partial charge in [0.2, 0.25) is 0 Å². The minimum absolute atomic E-state index is 0.0797. The molecule has 0 heterocycles. The molecule has 1 rings (SSSR count). The van der Waals surface area contributed by atoms with Gasteiger partial charge in [0.1, 0.15) is 5.75 Å². The first-order valence-electron chi connectivity index (χ1n) is 6.37. The Labute approximate surface area is 118 Å².